The van der Waals surface area contributed by atoms with Crippen LogP contribution in [0.1, 0.15) is 49.5 Å². The fourth-order valence-corrected chi connectivity index (χ4v) is 5.08. The standard InChI is InChI=1S/C21H26N4O2S/c1-12-5-9-25(18(12)20(22)27)17(26)11-16-24-13(2)19(28-16)14-4-8-23-15(10-14)21(3)6-7-21/h4,8,10,12,18H,5-7,9,11H2,1-3H3,(H2,22,27)/t12-,18+/m1/s1. The lowest BCUT2D eigenvalue weighted by Gasteiger charge is -2.23. The minimum Gasteiger partial charge on any atom is -0.368 e. The van der Waals surface area contributed by atoms with Crippen LogP contribution in [0.15, 0.2) is 18.3 Å². The molecule has 2 amide bonds. The van der Waals surface area contributed by atoms with Gasteiger partial charge in [-0.25, -0.2) is 4.98 Å². The van der Waals surface area contributed by atoms with Crippen molar-refractivity contribution >= 4 is 23.2 Å². The zero-order chi connectivity index (χ0) is 20.1. The fourth-order valence-electron chi connectivity index (χ4n) is 4.03. The topological polar surface area (TPSA) is 89.2 Å². The number of thiazole rings is 1. The highest BCUT2D eigenvalue weighted by atomic mass is 32.1. The number of nitrogens with two attached hydrogens (primary N) is 1. The predicted molar refractivity (Wildman–Crippen MR) is 109 cm³/mol. The van der Waals surface area contributed by atoms with Crippen molar-refractivity contribution in [2.75, 3.05) is 6.54 Å². The third-order valence-corrected chi connectivity index (χ3v) is 7.30. The first kappa shape index (κ1) is 19.1. The monoisotopic (exact) mass is 398 g/mol. The summed E-state index contributed by atoms with van der Waals surface area (Å²) in [5.41, 5.74) is 8.89. The molecule has 28 heavy (non-hydrogen) atoms. The van der Waals surface area contributed by atoms with Crippen LogP contribution in [0.3, 0.4) is 0 Å². The van der Waals surface area contributed by atoms with E-state index in [1.807, 2.05) is 26.1 Å². The Morgan fingerprint density at radius 2 is 2.14 bits per heavy atom. The largest absolute Gasteiger partial charge is 0.368 e. The Bertz CT molecular complexity index is 934. The molecule has 0 unspecified atom stereocenters. The van der Waals surface area contributed by atoms with Crippen molar-refractivity contribution in [1.82, 2.24) is 14.9 Å². The summed E-state index contributed by atoms with van der Waals surface area (Å²) in [6.07, 6.45) is 5.24. The van der Waals surface area contributed by atoms with Crippen LogP contribution >= 0.6 is 11.3 Å². The van der Waals surface area contributed by atoms with Gasteiger partial charge in [-0.3, -0.25) is 14.6 Å². The SMILES string of the molecule is Cc1nc(CC(=O)N2CC[C@@H](C)[C@H]2C(N)=O)sc1-c1ccnc(C2(C)CC2)c1. The minimum absolute atomic E-state index is 0.0747. The molecule has 2 N–H and O–H groups in total. The number of primary amides is 1. The lowest BCUT2D eigenvalue weighted by molar-refractivity contribution is -0.137. The van der Waals surface area contributed by atoms with Gasteiger partial charge in [-0.15, -0.1) is 11.3 Å². The van der Waals surface area contributed by atoms with Crippen molar-refractivity contribution in [1.29, 1.82) is 0 Å². The highest BCUT2D eigenvalue weighted by Crippen LogP contribution is 2.47. The molecule has 2 fully saturated rings. The van der Waals surface area contributed by atoms with Gasteiger partial charge in [-0.1, -0.05) is 13.8 Å². The molecule has 1 aliphatic carbocycles. The van der Waals surface area contributed by atoms with E-state index in [9.17, 15) is 9.59 Å². The summed E-state index contributed by atoms with van der Waals surface area (Å²) >= 11 is 1.55. The molecule has 148 valence electrons. The van der Waals surface area contributed by atoms with Gasteiger partial charge in [0.1, 0.15) is 11.0 Å². The van der Waals surface area contributed by atoms with Crippen LogP contribution in [0.2, 0.25) is 0 Å². The number of aromatic nitrogens is 2. The van der Waals surface area contributed by atoms with Crippen LogP contribution in [0.5, 0.6) is 0 Å². The van der Waals surface area contributed by atoms with Crippen molar-refractivity contribution < 1.29 is 9.59 Å². The Morgan fingerprint density at radius 1 is 1.39 bits per heavy atom. The van der Waals surface area contributed by atoms with Crippen LogP contribution in [0.4, 0.5) is 0 Å². The van der Waals surface area contributed by atoms with E-state index in [-0.39, 0.29) is 23.7 Å². The summed E-state index contributed by atoms with van der Waals surface area (Å²) in [7, 11) is 0. The van der Waals surface area contributed by atoms with Gasteiger partial charge in [0.05, 0.1) is 17.0 Å². The van der Waals surface area contributed by atoms with Crippen molar-refractivity contribution in [2.45, 2.75) is 57.9 Å². The zero-order valence-electron chi connectivity index (χ0n) is 16.6. The van der Waals surface area contributed by atoms with Gasteiger partial charge in [0.25, 0.3) is 0 Å². The molecule has 4 rings (SSSR count). The molecule has 7 heteroatoms. The molecule has 0 spiro atoms. The van der Waals surface area contributed by atoms with Crippen LogP contribution in [-0.4, -0.2) is 39.3 Å². The minimum atomic E-state index is -0.505. The Labute approximate surface area is 169 Å². The maximum absolute atomic E-state index is 12.8. The first-order valence-electron chi connectivity index (χ1n) is 9.80. The smallest absolute Gasteiger partial charge is 0.240 e. The van der Waals surface area contributed by atoms with Crippen LogP contribution in [0, 0.1) is 12.8 Å². The maximum Gasteiger partial charge on any atom is 0.240 e. The van der Waals surface area contributed by atoms with Crippen molar-refractivity contribution in [2.24, 2.45) is 11.7 Å². The van der Waals surface area contributed by atoms with E-state index < -0.39 is 11.9 Å². The van der Waals surface area contributed by atoms with Gasteiger partial charge in [0.2, 0.25) is 11.8 Å². The molecule has 2 aromatic heterocycles. The zero-order valence-corrected chi connectivity index (χ0v) is 17.4. The summed E-state index contributed by atoms with van der Waals surface area (Å²) in [6, 6.07) is 3.66. The highest BCUT2D eigenvalue weighted by Gasteiger charge is 2.41. The molecule has 6 nitrogen and oxygen atoms in total. The molecule has 0 bridgehead atoms. The first-order valence-corrected chi connectivity index (χ1v) is 10.6. The molecule has 1 saturated carbocycles. The second kappa shape index (κ2) is 6.95. The Kier molecular flexibility index (Phi) is 4.73. The predicted octanol–water partition coefficient (Wildman–Crippen LogP) is 2.83. The molecule has 2 atom stereocenters. The molecule has 3 heterocycles. The van der Waals surface area contributed by atoms with E-state index >= 15 is 0 Å². The average molecular weight is 399 g/mol. The van der Waals surface area contributed by atoms with Gasteiger partial charge in [-0.05, 0) is 49.8 Å². The molecular formula is C21H26N4O2S. The number of carbonyl (C=O) groups is 2. The van der Waals surface area contributed by atoms with Crippen molar-refractivity contribution in [3.05, 3.63) is 34.7 Å². The molecule has 1 saturated heterocycles. The second-order valence-corrected chi connectivity index (χ2v) is 9.47. The molecular weight excluding hydrogens is 372 g/mol. The van der Waals surface area contributed by atoms with Gasteiger partial charge < -0.3 is 10.6 Å². The van der Waals surface area contributed by atoms with Crippen molar-refractivity contribution in [3.63, 3.8) is 0 Å². The average Bonchev–Trinajstić information content (AvgIpc) is 3.11. The van der Waals surface area contributed by atoms with Gasteiger partial charge in [0.15, 0.2) is 0 Å². The van der Waals surface area contributed by atoms with Crippen molar-refractivity contribution in [3.8, 4) is 10.4 Å². The third-order valence-electron chi connectivity index (χ3n) is 6.10. The lowest BCUT2D eigenvalue weighted by Crippen LogP contribution is -2.46. The number of rotatable bonds is 5. The Morgan fingerprint density at radius 3 is 2.82 bits per heavy atom. The van der Waals surface area contributed by atoms with E-state index in [0.717, 1.165) is 33.3 Å². The number of amides is 2. The Balaban J connectivity index is 1.54. The molecule has 2 aromatic rings. The molecule has 1 aliphatic heterocycles. The van der Waals surface area contributed by atoms with E-state index in [1.165, 1.54) is 12.8 Å². The Hall–Kier alpha value is -2.28. The molecule has 2 aliphatic rings. The quantitative estimate of drug-likeness (QED) is 0.839. The third kappa shape index (κ3) is 3.43. The lowest BCUT2D eigenvalue weighted by atomic mass is 10.0. The first-order chi connectivity index (χ1) is 13.3. The number of nitrogens with zero attached hydrogens (tertiary/aromatic N) is 3. The normalized spacial score (nSPS) is 23.0. The van der Waals surface area contributed by atoms with Gasteiger partial charge in [-0.2, -0.15) is 0 Å². The summed E-state index contributed by atoms with van der Waals surface area (Å²) in [6.45, 7) is 6.77. The summed E-state index contributed by atoms with van der Waals surface area (Å²) in [5.74, 6) is -0.393. The second-order valence-electron chi connectivity index (χ2n) is 8.39. The number of aryl methyl sites for hydroxylation is 1. The number of hydrogen-bond donors (Lipinski definition) is 1. The van der Waals surface area contributed by atoms with E-state index in [2.05, 4.69) is 23.0 Å². The number of pyridine rings is 1. The van der Waals surface area contributed by atoms with Gasteiger partial charge >= 0.3 is 0 Å². The van der Waals surface area contributed by atoms with Gasteiger partial charge in [0, 0.05) is 23.9 Å². The maximum atomic E-state index is 12.8. The van der Waals surface area contributed by atoms with Crippen LogP contribution in [0.25, 0.3) is 10.4 Å². The number of hydrogen-bond acceptors (Lipinski definition) is 5. The molecule has 0 aromatic carbocycles. The van der Waals surface area contributed by atoms with E-state index in [4.69, 9.17) is 5.73 Å². The summed E-state index contributed by atoms with van der Waals surface area (Å²) < 4.78 is 0. The highest BCUT2D eigenvalue weighted by molar-refractivity contribution is 7.15. The van der Waals surface area contributed by atoms with E-state index in [1.54, 1.807) is 16.2 Å². The van der Waals surface area contributed by atoms with E-state index in [0.29, 0.717) is 6.54 Å². The molecule has 0 radical (unpaired) electrons. The van der Waals surface area contributed by atoms with Crippen LogP contribution < -0.4 is 5.73 Å². The number of likely N-dealkylation sites (tertiary alicyclic amines) is 1. The summed E-state index contributed by atoms with van der Waals surface area (Å²) in [4.78, 5) is 36.4. The van der Waals surface area contributed by atoms with Crippen LogP contribution in [-0.2, 0) is 21.4 Å². The fraction of sp³-hybridized carbons (Fsp3) is 0.524. The number of carbonyl (C=O) groups excluding carboxylic acids is 2. The summed E-state index contributed by atoms with van der Waals surface area (Å²) in [5, 5.41) is 0.774.